The molecule has 23 heavy (non-hydrogen) atoms. The van der Waals surface area contributed by atoms with Gasteiger partial charge in [0.1, 0.15) is 17.8 Å². The van der Waals surface area contributed by atoms with E-state index in [9.17, 15) is 0 Å². The van der Waals surface area contributed by atoms with Crippen molar-refractivity contribution in [3.63, 3.8) is 0 Å². The molecule has 2 aromatic rings. The van der Waals surface area contributed by atoms with Gasteiger partial charge in [-0.15, -0.1) is 16.8 Å². The van der Waals surface area contributed by atoms with Crippen LogP contribution >= 0.6 is 11.8 Å². The normalized spacial score (nSPS) is 16.2. The summed E-state index contributed by atoms with van der Waals surface area (Å²) in [4.78, 5) is 8.78. The maximum atomic E-state index is 5.95. The molecule has 3 heterocycles. The zero-order valence-corrected chi connectivity index (χ0v) is 14.1. The second-order valence-corrected chi connectivity index (χ2v) is 6.38. The van der Waals surface area contributed by atoms with Gasteiger partial charge in [-0.2, -0.15) is 4.98 Å². The molecule has 1 aliphatic heterocycles. The summed E-state index contributed by atoms with van der Waals surface area (Å²) in [5, 5.41) is 9.17. The monoisotopic (exact) mass is 332 g/mol. The van der Waals surface area contributed by atoms with Crippen molar-refractivity contribution in [1.29, 1.82) is 0 Å². The predicted octanol–water partition coefficient (Wildman–Crippen LogP) is 1.43. The highest BCUT2D eigenvalue weighted by molar-refractivity contribution is 7.99. The average molecular weight is 332 g/mol. The van der Waals surface area contributed by atoms with Gasteiger partial charge in [0.2, 0.25) is 5.88 Å². The molecule has 0 fully saturated rings. The average Bonchev–Trinajstić information content (AvgIpc) is 3.09. The molecule has 7 nitrogen and oxygen atoms in total. The molecule has 0 aromatic carbocycles. The van der Waals surface area contributed by atoms with Crippen LogP contribution in [0.5, 0.6) is 5.88 Å². The summed E-state index contributed by atoms with van der Waals surface area (Å²) in [5.41, 5.74) is 7.80. The minimum Gasteiger partial charge on any atom is -0.473 e. The van der Waals surface area contributed by atoms with Crippen LogP contribution < -0.4 is 10.5 Å². The fraction of sp³-hybridized carbons (Fsp3) is 0.467. The van der Waals surface area contributed by atoms with Gasteiger partial charge in [-0.3, -0.25) is 0 Å². The maximum absolute atomic E-state index is 5.95. The third kappa shape index (κ3) is 3.23. The molecule has 1 atom stereocenters. The molecule has 0 spiro atoms. The lowest BCUT2D eigenvalue weighted by molar-refractivity contribution is 0.250. The van der Waals surface area contributed by atoms with Crippen molar-refractivity contribution in [2.75, 3.05) is 5.75 Å². The van der Waals surface area contributed by atoms with E-state index in [1.165, 1.54) is 0 Å². The van der Waals surface area contributed by atoms with Crippen LogP contribution in [0.3, 0.4) is 0 Å². The second-order valence-electron chi connectivity index (χ2n) is 5.40. The Morgan fingerprint density at radius 3 is 2.96 bits per heavy atom. The van der Waals surface area contributed by atoms with Crippen molar-refractivity contribution in [1.82, 2.24) is 24.7 Å². The fourth-order valence-corrected chi connectivity index (χ4v) is 3.57. The summed E-state index contributed by atoms with van der Waals surface area (Å²) in [6, 6.07) is 0. The van der Waals surface area contributed by atoms with Crippen LogP contribution in [0.15, 0.2) is 17.8 Å². The zero-order valence-electron chi connectivity index (χ0n) is 13.3. The van der Waals surface area contributed by atoms with E-state index in [-0.39, 0.29) is 6.10 Å². The topological polar surface area (TPSA) is 91.7 Å². The van der Waals surface area contributed by atoms with Crippen LogP contribution in [0.4, 0.5) is 0 Å². The summed E-state index contributed by atoms with van der Waals surface area (Å²) < 4.78 is 7.93. The third-order valence-corrected chi connectivity index (χ3v) is 4.78. The van der Waals surface area contributed by atoms with Crippen molar-refractivity contribution >= 4 is 11.8 Å². The van der Waals surface area contributed by atoms with Crippen LogP contribution in [-0.4, -0.2) is 36.6 Å². The van der Waals surface area contributed by atoms with Crippen molar-refractivity contribution in [2.45, 2.75) is 44.6 Å². The highest BCUT2D eigenvalue weighted by Gasteiger charge is 2.27. The van der Waals surface area contributed by atoms with Gasteiger partial charge in [-0.1, -0.05) is 17.8 Å². The Balaban J connectivity index is 1.68. The van der Waals surface area contributed by atoms with Gasteiger partial charge in [-0.05, 0) is 13.8 Å². The van der Waals surface area contributed by atoms with Crippen LogP contribution in [0.25, 0.3) is 0 Å². The first-order chi connectivity index (χ1) is 11.1. The Hall–Kier alpha value is -1.93. The Kier molecular flexibility index (Phi) is 4.63. The SMILES string of the molecule is C=CCn1c(CN)nnc1SC[C@H]1Cc2c(C)nc(C)nc2O1. The molecule has 0 saturated carbocycles. The molecule has 2 N–H and O–H groups in total. The second kappa shape index (κ2) is 6.67. The molecule has 0 aliphatic carbocycles. The van der Waals surface area contributed by atoms with E-state index in [0.29, 0.717) is 13.1 Å². The van der Waals surface area contributed by atoms with Gasteiger partial charge in [0.15, 0.2) is 5.16 Å². The van der Waals surface area contributed by atoms with Crippen molar-refractivity contribution in [3.8, 4) is 5.88 Å². The summed E-state index contributed by atoms with van der Waals surface area (Å²) in [5.74, 6) is 3.00. The number of ether oxygens (including phenoxy) is 1. The number of aryl methyl sites for hydroxylation is 2. The molecular formula is C15H20N6OS. The van der Waals surface area contributed by atoms with Crippen LogP contribution in [-0.2, 0) is 19.5 Å². The highest BCUT2D eigenvalue weighted by Crippen LogP contribution is 2.31. The molecule has 0 amide bonds. The number of rotatable bonds is 6. The summed E-state index contributed by atoms with van der Waals surface area (Å²) in [7, 11) is 0. The van der Waals surface area contributed by atoms with Crippen molar-refractivity contribution in [2.24, 2.45) is 5.73 Å². The number of allylic oxidation sites excluding steroid dienone is 1. The number of nitrogens with two attached hydrogens (primary N) is 1. The predicted molar refractivity (Wildman–Crippen MR) is 88.5 cm³/mol. The number of nitrogens with zero attached hydrogens (tertiary/aromatic N) is 5. The van der Waals surface area contributed by atoms with E-state index in [1.54, 1.807) is 11.8 Å². The minimum absolute atomic E-state index is 0.0695. The molecule has 0 unspecified atom stereocenters. The van der Waals surface area contributed by atoms with Gasteiger partial charge in [-0.25, -0.2) is 4.98 Å². The Labute approximate surface area is 139 Å². The van der Waals surface area contributed by atoms with Gasteiger partial charge in [0.25, 0.3) is 0 Å². The summed E-state index contributed by atoms with van der Waals surface area (Å²) in [6.45, 7) is 8.66. The summed E-state index contributed by atoms with van der Waals surface area (Å²) >= 11 is 1.61. The molecule has 2 aromatic heterocycles. The van der Waals surface area contributed by atoms with E-state index in [1.807, 2.05) is 24.5 Å². The number of hydrogen-bond acceptors (Lipinski definition) is 7. The minimum atomic E-state index is 0.0695. The van der Waals surface area contributed by atoms with Crippen molar-refractivity contribution in [3.05, 3.63) is 35.6 Å². The van der Waals surface area contributed by atoms with Gasteiger partial charge >= 0.3 is 0 Å². The lowest BCUT2D eigenvalue weighted by Gasteiger charge is -2.10. The molecule has 122 valence electrons. The van der Waals surface area contributed by atoms with Gasteiger partial charge < -0.3 is 15.0 Å². The highest BCUT2D eigenvalue weighted by atomic mass is 32.2. The molecule has 0 bridgehead atoms. The molecular weight excluding hydrogens is 312 g/mol. The lowest BCUT2D eigenvalue weighted by atomic mass is 10.1. The van der Waals surface area contributed by atoms with Crippen LogP contribution in [0.2, 0.25) is 0 Å². The fourth-order valence-electron chi connectivity index (χ4n) is 2.61. The van der Waals surface area contributed by atoms with E-state index in [0.717, 1.165) is 46.1 Å². The maximum Gasteiger partial charge on any atom is 0.220 e. The van der Waals surface area contributed by atoms with E-state index in [2.05, 4.69) is 26.7 Å². The molecule has 1 aliphatic rings. The summed E-state index contributed by atoms with van der Waals surface area (Å²) in [6.07, 6.45) is 2.71. The smallest absolute Gasteiger partial charge is 0.220 e. The molecule has 0 saturated heterocycles. The number of aromatic nitrogens is 5. The van der Waals surface area contributed by atoms with E-state index < -0.39 is 0 Å². The van der Waals surface area contributed by atoms with Gasteiger partial charge in [0, 0.05) is 30.0 Å². The lowest BCUT2D eigenvalue weighted by Crippen LogP contribution is -2.17. The first-order valence-electron chi connectivity index (χ1n) is 7.49. The standard InChI is InChI=1S/C15H20N6OS/c1-4-5-21-13(7-16)19-20-15(21)23-8-11-6-12-9(2)17-10(3)18-14(12)22-11/h4,11H,1,5-8,16H2,2-3H3/t11-/m1/s1. The molecule has 3 rings (SSSR count). The number of thioether (sulfide) groups is 1. The third-order valence-electron chi connectivity index (χ3n) is 3.68. The quantitative estimate of drug-likeness (QED) is 0.632. The Morgan fingerprint density at radius 2 is 2.22 bits per heavy atom. The number of hydrogen-bond donors (Lipinski definition) is 1. The van der Waals surface area contributed by atoms with E-state index >= 15 is 0 Å². The Morgan fingerprint density at radius 1 is 1.39 bits per heavy atom. The molecule has 0 radical (unpaired) electrons. The van der Waals surface area contributed by atoms with E-state index in [4.69, 9.17) is 10.5 Å². The van der Waals surface area contributed by atoms with Gasteiger partial charge in [0.05, 0.1) is 6.54 Å². The number of fused-ring (bicyclic) bond motifs is 1. The molecule has 8 heteroatoms. The largest absolute Gasteiger partial charge is 0.473 e. The van der Waals surface area contributed by atoms with Crippen LogP contribution in [0, 0.1) is 13.8 Å². The first-order valence-corrected chi connectivity index (χ1v) is 8.47. The first kappa shape index (κ1) is 15.9. The zero-order chi connectivity index (χ0) is 16.4. The van der Waals surface area contributed by atoms with Crippen LogP contribution in [0.1, 0.15) is 22.9 Å². The Bertz CT molecular complexity index is 729. The van der Waals surface area contributed by atoms with Crippen molar-refractivity contribution < 1.29 is 4.74 Å².